The maximum absolute atomic E-state index is 12.9. The minimum atomic E-state index is -0.823. The van der Waals surface area contributed by atoms with Gasteiger partial charge in [0.1, 0.15) is 13.2 Å². The van der Waals surface area contributed by atoms with Gasteiger partial charge in [-0.2, -0.15) is 0 Å². The van der Waals surface area contributed by atoms with Gasteiger partial charge < -0.3 is 14.2 Å². The minimum absolute atomic E-state index is 0.111. The van der Waals surface area contributed by atoms with E-state index in [1.54, 1.807) is 0 Å². The van der Waals surface area contributed by atoms with Crippen LogP contribution in [-0.4, -0.2) is 37.2 Å². The Morgan fingerprint density at radius 3 is 0.823 bits per heavy atom. The molecule has 1 atom stereocenters. The van der Waals surface area contributed by atoms with E-state index in [0.717, 1.165) is 141 Å². The fourth-order valence-electron chi connectivity index (χ4n) is 8.32. The summed E-state index contributed by atoms with van der Waals surface area (Å²) in [6, 6.07) is 0. The Kier molecular flexibility index (Phi) is 61.4. The number of carbonyl (C=O) groups excluding carboxylic acids is 3. The number of carbonyl (C=O) groups is 3. The quantitative estimate of drug-likeness (QED) is 0.0261. The molecule has 0 spiro atoms. The summed E-state index contributed by atoms with van der Waals surface area (Å²) in [6.45, 7) is 6.35. The van der Waals surface area contributed by atoms with Crippen molar-refractivity contribution in [3.63, 3.8) is 0 Å². The zero-order chi connectivity index (χ0) is 57.1. The lowest BCUT2D eigenvalue weighted by Gasteiger charge is -2.18. The van der Waals surface area contributed by atoms with Crippen LogP contribution in [0.15, 0.2) is 158 Å². The highest BCUT2D eigenvalue weighted by atomic mass is 16.6. The van der Waals surface area contributed by atoms with E-state index in [-0.39, 0.29) is 44.0 Å². The molecule has 0 saturated carbocycles. The van der Waals surface area contributed by atoms with Crippen molar-refractivity contribution in [1.82, 2.24) is 0 Å². The largest absolute Gasteiger partial charge is 0.462 e. The summed E-state index contributed by atoms with van der Waals surface area (Å²) in [4.78, 5) is 38.3. The number of hydrogen-bond acceptors (Lipinski definition) is 6. The van der Waals surface area contributed by atoms with Crippen molar-refractivity contribution in [2.75, 3.05) is 13.2 Å². The van der Waals surface area contributed by atoms with Crippen LogP contribution in [-0.2, 0) is 28.6 Å². The lowest BCUT2D eigenvalue weighted by atomic mass is 10.0. The Labute approximate surface area is 486 Å². The third-order valence-corrected chi connectivity index (χ3v) is 13.0. The first-order valence-electron chi connectivity index (χ1n) is 32.0. The summed E-state index contributed by atoms with van der Waals surface area (Å²) in [5.41, 5.74) is 0. The van der Waals surface area contributed by atoms with E-state index in [1.807, 2.05) is 0 Å². The summed E-state index contributed by atoms with van der Waals surface area (Å²) < 4.78 is 16.9. The third-order valence-electron chi connectivity index (χ3n) is 13.0. The molecule has 79 heavy (non-hydrogen) atoms. The van der Waals surface area contributed by atoms with Gasteiger partial charge in [0.2, 0.25) is 0 Å². The van der Waals surface area contributed by atoms with Crippen molar-refractivity contribution in [1.29, 1.82) is 0 Å². The summed E-state index contributed by atoms with van der Waals surface area (Å²) in [7, 11) is 0. The van der Waals surface area contributed by atoms with Gasteiger partial charge in [0, 0.05) is 19.3 Å². The molecule has 0 saturated heterocycles. The minimum Gasteiger partial charge on any atom is -0.462 e. The topological polar surface area (TPSA) is 78.9 Å². The van der Waals surface area contributed by atoms with Gasteiger partial charge in [-0.25, -0.2) is 0 Å². The summed E-state index contributed by atoms with van der Waals surface area (Å²) in [5, 5.41) is 0. The SMILES string of the molecule is CC/C=C\C/C=C\C/C=C\C/C=C\C/C=C\C/C=C\C/C=C\CCCC(=O)OCC(COC(=O)CCCCCCCCCCCCCCCCC)OC(=O)CCCCCC/C=C\C/C=C\C/C=C\C/C=C\C/C=C\C/C=C\CC. The fourth-order valence-corrected chi connectivity index (χ4v) is 8.32. The maximum Gasteiger partial charge on any atom is 0.306 e. The molecule has 0 aliphatic rings. The monoisotopic (exact) mass is 1090 g/mol. The van der Waals surface area contributed by atoms with Crippen molar-refractivity contribution in [3.8, 4) is 0 Å². The van der Waals surface area contributed by atoms with E-state index in [1.165, 1.54) is 77.0 Å². The van der Waals surface area contributed by atoms with Gasteiger partial charge >= 0.3 is 17.9 Å². The van der Waals surface area contributed by atoms with Crippen LogP contribution in [0.4, 0.5) is 0 Å². The van der Waals surface area contributed by atoms with Gasteiger partial charge in [-0.3, -0.25) is 14.4 Å². The van der Waals surface area contributed by atoms with Crippen LogP contribution in [0, 0.1) is 0 Å². The van der Waals surface area contributed by atoms with Gasteiger partial charge in [0.05, 0.1) is 0 Å². The Morgan fingerprint density at radius 2 is 0.506 bits per heavy atom. The molecular weight excluding hydrogens is 973 g/mol. The number of unbranched alkanes of at least 4 members (excludes halogenated alkanes) is 19. The Hall–Kier alpha value is -4.97. The number of rotatable bonds is 56. The highest BCUT2D eigenvalue weighted by Gasteiger charge is 2.19. The average molecular weight is 1090 g/mol. The van der Waals surface area contributed by atoms with Crippen LogP contribution in [0.25, 0.3) is 0 Å². The summed E-state index contributed by atoms with van der Waals surface area (Å²) in [6.07, 6.45) is 95.3. The molecule has 0 radical (unpaired) electrons. The van der Waals surface area contributed by atoms with Gasteiger partial charge in [0.25, 0.3) is 0 Å². The average Bonchev–Trinajstić information content (AvgIpc) is 3.45. The Bertz CT molecular complexity index is 1780. The van der Waals surface area contributed by atoms with Gasteiger partial charge in [-0.1, -0.05) is 281 Å². The second kappa shape index (κ2) is 65.5. The number of ether oxygens (including phenoxy) is 3. The second-order valence-corrected chi connectivity index (χ2v) is 20.6. The molecule has 0 amide bonds. The van der Waals surface area contributed by atoms with Gasteiger partial charge in [0.15, 0.2) is 6.10 Å². The highest BCUT2D eigenvalue weighted by molar-refractivity contribution is 5.71. The molecule has 6 nitrogen and oxygen atoms in total. The molecule has 0 aromatic heterocycles. The molecule has 1 unspecified atom stereocenters. The molecule has 0 aliphatic carbocycles. The van der Waals surface area contributed by atoms with Crippen molar-refractivity contribution in [2.45, 2.75) is 271 Å². The molecule has 0 fully saturated rings. The van der Waals surface area contributed by atoms with Crippen LogP contribution < -0.4 is 0 Å². The molecule has 0 rings (SSSR count). The smallest absolute Gasteiger partial charge is 0.306 e. The van der Waals surface area contributed by atoms with Crippen LogP contribution in [0.2, 0.25) is 0 Å². The molecule has 0 N–H and O–H groups in total. The van der Waals surface area contributed by atoms with Crippen molar-refractivity contribution in [3.05, 3.63) is 158 Å². The standard InChI is InChI=1S/C73H116O6/c1-4-7-10-13-16-19-22-25-28-30-32-34-36-38-40-42-45-48-51-54-57-60-63-66-72(75)78-69-70(68-77-71(74)65-62-59-56-53-50-47-44-27-24-21-18-15-12-9-6-3)79-73(76)67-64-61-58-55-52-49-46-43-41-39-37-35-33-31-29-26-23-20-17-14-11-8-5-2/h7-8,10-11,16-17,19-20,25-26,28-29,32-35,38-41,45-46,48-49,54,57,70H,4-6,9,12-15,18,21-24,27,30-31,36-37,42-44,47,50-53,55-56,58-69H2,1-3H3/b10-7-,11-8-,19-16-,20-17-,28-25-,29-26-,34-32-,35-33-,40-38-,41-39-,48-45-,49-46-,57-54-. The van der Waals surface area contributed by atoms with E-state index < -0.39 is 6.10 Å². The van der Waals surface area contributed by atoms with Crippen LogP contribution in [0.1, 0.15) is 265 Å². The van der Waals surface area contributed by atoms with E-state index in [2.05, 4.69) is 179 Å². The normalized spacial score (nSPS) is 13.2. The van der Waals surface area contributed by atoms with E-state index in [4.69, 9.17) is 14.2 Å². The maximum atomic E-state index is 12.9. The fraction of sp³-hybridized carbons (Fsp3) is 0.603. The van der Waals surface area contributed by atoms with Gasteiger partial charge in [-0.05, 0) is 122 Å². The zero-order valence-corrected chi connectivity index (χ0v) is 50.8. The van der Waals surface area contributed by atoms with Crippen molar-refractivity contribution >= 4 is 17.9 Å². The van der Waals surface area contributed by atoms with Gasteiger partial charge in [-0.15, -0.1) is 0 Å². The number of esters is 3. The number of allylic oxidation sites excluding steroid dienone is 26. The van der Waals surface area contributed by atoms with Crippen molar-refractivity contribution in [2.24, 2.45) is 0 Å². The predicted molar refractivity (Wildman–Crippen MR) is 343 cm³/mol. The lowest BCUT2D eigenvalue weighted by molar-refractivity contribution is -0.167. The molecule has 6 heteroatoms. The van der Waals surface area contributed by atoms with Crippen LogP contribution in [0.5, 0.6) is 0 Å². The Balaban J connectivity index is 4.55. The molecule has 0 heterocycles. The molecule has 0 aromatic carbocycles. The number of hydrogen-bond donors (Lipinski definition) is 0. The molecule has 0 aliphatic heterocycles. The lowest BCUT2D eigenvalue weighted by Crippen LogP contribution is -2.30. The van der Waals surface area contributed by atoms with E-state index in [9.17, 15) is 14.4 Å². The van der Waals surface area contributed by atoms with Crippen LogP contribution in [0.3, 0.4) is 0 Å². The van der Waals surface area contributed by atoms with Crippen molar-refractivity contribution < 1.29 is 28.6 Å². The third kappa shape index (κ3) is 63.7. The molecule has 0 aromatic rings. The first kappa shape index (κ1) is 74.0. The highest BCUT2D eigenvalue weighted by Crippen LogP contribution is 2.15. The molecule has 444 valence electrons. The first-order chi connectivity index (χ1) is 39.0. The molecule has 0 bridgehead atoms. The van der Waals surface area contributed by atoms with E-state index in [0.29, 0.717) is 12.8 Å². The van der Waals surface area contributed by atoms with E-state index >= 15 is 0 Å². The van der Waals surface area contributed by atoms with Crippen LogP contribution >= 0.6 is 0 Å². The predicted octanol–water partition coefficient (Wildman–Crippen LogP) is 22.1. The Morgan fingerprint density at radius 1 is 0.266 bits per heavy atom. The summed E-state index contributed by atoms with van der Waals surface area (Å²) in [5.74, 6) is -0.999. The molecular formula is C73H116O6. The first-order valence-corrected chi connectivity index (χ1v) is 32.0. The zero-order valence-electron chi connectivity index (χ0n) is 50.8. The summed E-state index contributed by atoms with van der Waals surface area (Å²) >= 11 is 0. The second-order valence-electron chi connectivity index (χ2n) is 20.6.